The van der Waals surface area contributed by atoms with Gasteiger partial charge in [-0.15, -0.1) is 0 Å². The molecule has 0 spiro atoms. The largest absolute Gasteiger partial charge is 0.234 e. The summed E-state index contributed by atoms with van der Waals surface area (Å²) >= 11 is 0. The Bertz CT molecular complexity index is 199. The van der Waals surface area contributed by atoms with Crippen molar-refractivity contribution in [1.29, 1.82) is 0 Å². The zero-order chi connectivity index (χ0) is 8.27. The van der Waals surface area contributed by atoms with Gasteiger partial charge in [0.25, 0.3) is 0 Å². The van der Waals surface area contributed by atoms with Gasteiger partial charge in [-0.2, -0.15) is 0 Å². The molecule has 0 N–H and O–H groups in total. The smallest absolute Gasteiger partial charge is 0.123 e. The van der Waals surface area contributed by atoms with Crippen LogP contribution in [0.2, 0.25) is 0 Å². The van der Waals surface area contributed by atoms with E-state index in [4.69, 9.17) is 0 Å². The van der Waals surface area contributed by atoms with Crippen LogP contribution in [-0.4, -0.2) is 5.94 Å². The van der Waals surface area contributed by atoms with E-state index in [0.717, 1.165) is 31.3 Å². The number of rotatable bonds is 1. The van der Waals surface area contributed by atoms with Crippen molar-refractivity contribution in [3.8, 4) is 0 Å². The highest BCUT2D eigenvalue weighted by molar-refractivity contribution is 5.52. The summed E-state index contributed by atoms with van der Waals surface area (Å²) in [5.74, 6) is 2.65. The quantitative estimate of drug-likeness (QED) is 0.414. The fourth-order valence-electron chi connectivity index (χ4n) is 1.56. The number of carbonyl (C=O) groups excluding carboxylic acids is 1. The maximum atomic E-state index is 10.3. The summed E-state index contributed by atoms with van der Waals surface area (Å²) < 4.78 is 0. The normalized spacial score (nSPS) is 24.5. The standard InChI is InChI=1S/C10H14O/c1-8(2)10-5-3-9(7-11)4-6-10/h10H,1,3-6H2,2H3. The molecule has 1 fully saturated rings. The van der Waals surface area contributed by atoms with Gasteiger partial charge in [-0.05, 0) is 38.5 Å². The van der Waals surface area contributed by atoms with Crippen LogP contribution in [0.4, 0.5) is 0 Å². The first-order chi connectivity index (χ1) is 5.24. The van der Waals surface area contributed by atoms with Crippen molar-refractivity contribution in [2.45, 2.75) is 32.6 Å². The number of hydrogen-bond acceptors (Lipinski definition) is 1. The molecule has 1 rings (SSSR count). The minimum Gasteiger partial charge on any atom is -0.234 e. The summed E-state index contributed by atoms with van der Waals surface area (Å²) in [5.41, 5.74) is 2.22. The molecule has 0 aromatic rings. The lowest BCUT2D eigenvalue weighted by Crippen LogP contribution is -2.08. The van der Waals surface area contributed by atoms with E-state index in [2.05, 4.69) is 13.5 Å². The molecule has 1 aliphatic rings. The Balaban J connectivity index is 2.48. The molecule has 0 aliphatic heterocycles. The second-order valence-electron chi connectivity index (χ2n) is 3.33. The SMILES string of the molecule is C=C(C)C1CCC(=C=O)CC1. The summed E-state index contributed by atoms with van der Waals surface area (Å²) in [4.78, 5) is 10.3. The summed E-state index contributed by atoms with van der Waals surface area (Å²) in [6, 6.07) is 0. The molecule has 11 heavy (non-hydrogen) atoms. The van der Waals surface area contributed by atoms with Gasteiger partial charge < -0.3 is 0 Å². The van der Waals surface area contributed by atoms with Gasteiger partial charge in [-0.3, -0.25) is 0 Å². The highest BCUT2D eigenvalue weighted by atomic mass is 16.1. The molecule has 0 amide bonds. The molecule has 0 unspecified atom stereocenters. The van der Waals surface area contributed by atoms with Crippen molar-refractivity contribution in [3.05, 3.63) is 17.7 Å². The van der Waals surface area contributed by atoms with Gasteiger partial charge in [-0.25, -0.2) is 4.79 Å². The van der Waals surface area contributed by atoms with E-state index in [-0.39, 0.29) is 0 Å². The van der Waals surface area contributed by atoms with Gasteiger partial charge in [0.05, 0.1) is 0 Å². The molecule has 0 heterocycles. The van der Waals surface area contributed by atoms with Crippen LogP contribution in [-0.2, 0) is 4.79 Å². The summed E-state index contributed by atoms with van der Waals surface area (Å²) in [6.07, 6.45) is 4.06. The Morgan fingerprint density at radius 1 is 1.55 bits per heavy atom. The predicted molar refractivity (Wildman–Crippen MR) is 46.0 cm³/mol. The molecule has 0 aromatic heterocycles. The average Bonchev–Trinajstić information content (AvgIpc) is 2.05. The highest BCUT2D eigenvalue weighted by Crippen LogP contribution is 2.30. The van der Waals surface area contributed by atoms with Crippen LogP contribution >= 0.6 is 0 Å². The zero-order valence-electron chi connectivity index (χ0n) is 7.02. The van der Waals surface area contributed by atoms with Crippen LogP contribution in [0.15, 0.2) is 17.7 Å². The Morgan fingerprint density at radius 2 is 2.09 bits per heavy atom. The molecule has 1 aliphatic carbocycles. The van der Waals surface area contributed by atoms with Crippen molar-refractivity contribution in [2.24, 2.45) is 5.92 Å². The van der Waals surface area contributed by atoms with Gasteiger partial charge in [0.15, 0.2) is 0 Å². The Labute approximate surface area is 67.8 Å². The van der Waals surface area contributed by atoms with Gasteiger partial charge in [0.1, 0.15) is 5.94 Å². The maximum Gasteiger partial charge on any atom is 0.123 e. The molecule has 0 aromatic carbocycles. The third-order valence-electron chi connectivity index (χ3n) is 2.43. The molecular formula is C10H14O. The molecule has 0 saturated heterocycles. The first kappa shape index (κ1) is 8.29. The Morgan fingerprint density at radius 3 is 2.45 bits per heavy atom. The third-order valence-corrected chi connectivity index (χ3v) is 2.43. The molecule has 1 saturated carbocycles. The van der Waals surface area contributed by atoms with E-state index in [9.17, 15) is 4.79 Å². The number of allylic oxidation sites excluding steroid dienone is 2. The molecule has 0 radical (unpaired) electrons. The summed E-state index contributed by atoms with van der Waals surface area (Å²) in [5, 5.41) is 0. The lowest BCUT2D eigenvalue weighted by molar-refractivity contribution is 0.465. The molecule has 1 heteroatoms. The molecule has 1 nitrogen and oxygen atoms in total. The second-order valence-corrected chi connectivity index (χ2v) is 3.33. The van der Waals surface area contributed by atoms with Crippen LogP contribution in [0.25, 0.3) is 0 Å². The van der Waals surface area contributed by atoms with Crippen molar-refractivity contribution in [1.82, 2.24) is 0 Å². The van der Waals surface area contributed by atoms with Crippen LogP contribution in [0.5, 0.6) is 0 Å². The molecule has 0 atom stereocenters. The molecule has 0 bridgehead atoms. The fraction of sp³-hybridized carbons (Fsp3) is 0.600. The Hall–Kier alpha value is -0.810. The molecular weight excluding hydrogens is 136 g/mol. The predicted octanol–water partition coefficient (Wildman–Crippen LogP) is 2.51. The first-order valence-corrected chi connectivity index (χ1v) is 4.12. The van der Waals surface area contributed by atoms with Crippen LogP contribution < -0.4 is 0 Å². The fourth-order valence-corrected chi connectivity index (χ4v) is 1.56. The maximum absolute atomic E-state index is 10.3. The minimum atomic E-state index is 0.645. The van der Waals surface area contributed by atoms with Gasteiger partial charge >= 0.3 is 0 Å². The summed E-state index contributed by atoms with van der Waals surface area (Å²) in [7, 11) is 0. The van der Waals surface area contributed by atoms with E-state index < -0.39 is 0 Å². The van der Waals surface area contributed by atoms with E-state index in [1.54, 1.807) is 0 Å². The molecule has 60 valence electrons. The third kappa shape index (κ3) is 2.06. The van der Waals surface area contributed by atoms with Crippen molar-refractivity contribution in [2.75, 3.05) is 0 Å². The van der Waals surface area contributed by atoms with Gasteiger partial charge in [0, 0.05) is 5.57 Å². The zero-order valence-corrected chi connectivity index (χ0v) is 7.02. The minimum absolute atomic E-state index is 0.645. The monoisotopic (exact) mass is 150 g/mol. The van der Waals surface area contributed by atoms with Crippen molar-refractivity contribution < 1.29 is 4.79 Å². The van der Waals surface area contributed by atoms with Crippen LogP contribution in [0, 0.1) is 5.92 Å². The second kappa shape index (κ2) is 3.54. The van der Waals surface area contributed by atoms with Crippen molar-refractivity contribution >= 4 is 5.94 Å². The first-order valence-electron chi connectivity index (χ1n) is 4.12. The van der Waals surface area contributed by atoms with E-state index in [0.29, 0.717) is 5.92 Å². The van der Waals surface area contributed by atoms with E-state index in [1.165, 1.54) is 5.57 Å². The van der Waals surface area contributed by atoms with Gasteiger partial charge in [-0.1, -0.05) is 12.2 Å². The van der Waals surface area contributed by atoms with E-state index in [1.807, 2.05) is 5.94 Å². The summed E-state index contributed by atoms with van der Waals surface area (Å²) in [6.45, 7) is 5.99. The Kier molecular flexibility index (Phi) is 2.67. The van der Waals surface area contributed by atoms with E-state index >= 15 is 0 Å². The lowest BCUT2D eigenvalue weighted by atomic mass is 9.83. The highest BCUT2D eigenvalue weighted by Gasteiger charge is 2.16. The van der Waals surface area contributed by atoms with Crippen LogP contribution in [0.1, 0.15) is 32.6 Å². The van der Waals surface area contributed by atoms with Crippen molar-refractivity contribution in [3.63, 3.8) is 0 Å². The number of hydrogen-bond donors (Lipinski definition) is 0. The van der Waals surface area contributed by atoms with Gasteiger partial charge in [0.2, 0.25) is 0 Å². The average molecular weight is 150 g/mol. The lowest BCUT2D eigenvalue weighted by Gasteiger charge is -2.21. The topological polar surface area (TPSA) is 17.1 Å². The van der Waals surface area contributed by atoms with Crippen LogP contribution in [0.3, 0.4) is 0 Å².